The zero-order valence-corrected chi connectivity index (χ0v) is 16.9. The van der Waals surface area contributed by atoms with Crippen molar-refractivity contribution in [1.82, 2.24) is 5.32 Å². The standard InChI is InChI=1S/C23H27NO5/c1-26-17-10-9-16(13-20(17)27-2)23(11-5-6-12-23)15-24-22(25)21-14-28-18-7-3-4-8-19(18)29-21/h3-4,7-10,13,21H,5-6,11-12,14-15H2,1-2H3,(H,24,25)/t21-/m1/s1. The number of para-hydroxylation sites is 2. The molecule has 6 nitrogen and oxygen atoms in total. The van der Waals surface area contributed by atoms with Crippen molar-refractivity contribution in [1.29, 1.82) is 0 Å². The summed E-state index contributed by atoms with van der Waals surface area (Å²) in [5.74, 6) is 2.55. The second-order valence-corrected chi connectivity index (χ2v) is 7.64. The topological polar surface area (TPSA) is 66.0 Å². The highest BCUT2D eigenvalue weighted by Crippen LogP contribution is 2.43. The van der Waals surface area contributed by atoms with E-state index < -0.39 is 6.10 Å². The highest BCUT2D eigenvalue weighted by molar-refractivity contribution is 5.82. The molecule has 1 saturated carbocycles. The van der Waals surface area contributed by atoms with Crippen LogP contribution < -0.4 is 24.3 Å². The van der Waals surface area contributed by atoms with Gasteiger partial charge >= 0.3 is 0 Å². The predicted octanol–water partition coefficient (Wildman–Crippen LogP) is 3.47. The number of nitrogens with one attached hydrogen (secondary N) is 1. The fraction of sp³-hybridized carbons (Fsp3) is 0.435. The lowest BCUT2D eigenvalue weighted by Gasteiger charge is -2.32. The monoisotopic (exact) mass is 397 g/mol. The maximum atomic E-state index is 12.8. The quantitative estimate of drug-likeness (QED) is 0.809. The third kappa shape index (κ3) is 3.84. The van der Waals surface area contributed by atoms with Crippen LogP contribution in [-0.4, -0.2) is 39.4 Å². The minimum absolute atomic E-state index is 0.108. The van der Waals surface area contributed by atoms with E-state index in [1.165, 1.54) is 5.56 Å². The summed E-state index contributed by atoms with van der Waals surface area (Å²) in [6, 6.07) is 13.5. The number of hydrogen-bond acceptors (Lipinski definition) is 5. The molecule has 1 aliphatic heterocycles. The zero-order valence-electron chi connectivity index (χ0n) is 16.9. The van der Waals surface area contributed by atoms with Gasteiger partial charge in [0.15, 0.2) is 23.0 Å². The van der Waals surface area contributed by atoms with E-state index in [-0.39, 0.29) is 17.9 Å². The molecule has 1 fully saturated rings. The van der Waals surface area contributed by atoms with Gasteiger partial charge in [0.1, 0.15) is 6.61 Å². The van der Waals surface area contributed by atoms with Crippen LogP contribution in [0.3, 0.4) is 0 Å². The minimum Gasteiger partial charge on any atom is -0.493 e. The molecule has 1 amide bonds. The van der Waals surface area contributed by atoms with Crippen molar-refractivity contribution in [2.24, 2.45) is 0 Å². The van der Waals surface area contributed by atoms with Gasteiger partial charge in [0.25, 0.3) is 5.91 Å². The lowest BCUT2D eigenvalue weighted by Crippen LogP contribution is -2.48. The maximum Gasteiger partial charge on any atom is 0.264 e. The van der Waals surface area contributed by atoms with Crippen LogP contribution in [0.1, 0.15) is 31.2 Å². The van der Waals surface area contributed by atoms with Crippen LogP contribution in [0.15, 0.2) is 42.5 Å². The number of carbonyl (C=O) groups is 1. The fourth-order valence-electron chi connectivity index (χ4n) is 4.30. The number of rotatable bonds is 6. The van der Waals surface area contributed by atoms with Gasteiger partial charge in [-0.15, -0.1) is 0 Å². The Bertz CT molecular complexity index is 875. The van der Waals surface area contributed by atoms with E-state index >= 15 is 0 Å². The van der Waals surface area contributed by atoms with Gasteiger partial charge in [-0.25, -0.2) is 0 Å². The summed E-state index contributed by atoms with van der Waals surface area (Å²) in [6.07, 6.45) is 3.68. The molecular weight excluding hydrogens is 370 g/mol. The van der Waals surface area contributed by atoms with E-state index in [1.807, 2.05) is 36.4 Å². The van der Waals surface area contributed by atoms with Crippen molar-refractivity contribution < 1.29 is 23.7 Å². The molecule has 0 bridgehead atoms. The Kier molecular flexibility index (Phi) is 5.51. The molecule has 4 rings (SSSR count). The summed E-state index contributed by atoms with van der Waals surface area (Å²) < 4.78 is 22.4. The summed E-state index contributed by atoms with van der Waals surface area (Å²) in [6.45, 7) is 0.773. The van der Waals surface area contributed by atoms with Crippen molar-refractivity contribution in [2.75, 3.05) is 27.4 Å². The lowest BCUT2D eigenvalue weighted by atomic mass is 9.78. The van der Waals surface area contributed by atoms with Gasteiger partial charge in [-0.1, -0.05) is 31.0 Å². The number of ether oxygens (including phenoxy) is 4. The molecule has 2 aromatic rings. The normalized spacial score (nSPS) is 19.4. The molecule has 1 heterocycles. The van der Waals surface area contributed by atoms with E-state index in [1.54, 1.807) is 14.2 Å². The van der Waals surface area contributed by atoms with Gasteiger partial charge in [0.2, 0.25) is 6.10 Å². The maximum absolute atomic E-state index is 12.8. The van der Waals surface area contributed by atoms with Crippen LogP contribution in [0.5, 0.6) is 23.0 Å². The average Bonchev–Trinajstić information content (AvgIpc) is 3.26. The van der Waals surface area contributed by atoms with E-state index in [4.69, 9.17) is 18.9 Å². The van der Waals surface area contributed by atoms with Crippen molar-refractivity contribution in [3.63, 3.8) is 0 Å². The van der Waals surface area contributed by atoms with Crippen LogP contribution in [0, 0.1) is 0 Å². The lowest BCUT2D eigenvalue weighted by molar-refractivity contribution is -0.130. The first-order valence-electron chi connectivity index (χ1n) is 10.0. The van der Waals surface area contributed by atoms with Gasteiger partial charge in [-0.2, -0.15) is 0 Å². The predicted molar refractivity (Wildman–Crippen MR) is 109 cm³/mol. The highest BCUT2D eigenvalue weighted by atomic mass is 16.6. The number of hydrogen-bond donors (Lipinski definition) is 1. The Morgan fingerprint density at radius 2 is 1.79 bits per heavy atom. The average molecular weight is 397 g/mol. The first kappa shape index (κ1) is 19.4. The summed E-state index contributed by atoms with van der Waals surface area (Å²) >= 11 is 0. The minimum atomic E-state index is -0.645. The Morgan fingerprint density at radius 3 is 2.52 bits per heavy atom. The van der Waals surface area contributed by atoms with Gasteiger partial charge in [-0.3, -0.25) is 4.79 Å². The molecule has 2 aliphatic rings. The summed E-state index contributed by atoms with van der Waals surface area (Å²) in [4.78, 5) is 12.8. The first-order chi connectivity index (χ1) is 14.1. The number of methoxy groups -OCH3 is 2. The Labute approximate surface area is 171 Å². The number of amides is 1. The summed E-state index contributed by atoms with van der Waals surface area (Å²) in [7, 11) is 3.27. The summed E-state index contributed by atoms with van der Waals surface area (Å²) in [5, 5.41) is 3.11. The Morgan fingerprint density at radius 1 is 1.07 bits per heavy atom. The van der Waals surface area contributed by atoms with E-state index in [0.29, 0.717) is 29.5 Å². The van der Waals surface area contributed by atoms with E-state index in [2.05, 4.69) is 11.4 Å². The third-order valence-corrected chi connectivity index (χ3v) is 5.96. The van der Waals surface area contributed by atoms with Crippen molar-refractivity contribution in [2.45, 2.75) is 37.2 Å². The van der Waals surface area contributed by atoms with Gasteiger partial charge < -0.3 is 24.3 Å². The molecule has 29 heavy (non-hydrogen) atoms. The van der Waals surface area contributed by atoms with Crippen LogP contribution in [0.4, 0.5) is 0 Å². The molecule has 0 unspecified atom stereocenters. The molecule has 154 valence electrons. The van der Waals surface area contributed by atoms with E-state index in [9.17, 15) is 4.79 Å². The van der Waals surface area contributed by atoms with Crippen LogP contribution in [0.25, 0.3) is 0 Å². The molecule has 2 aromatic carbocycles. The largest absolute Gasteiger partial charge is 0.493 e. The van der Waals surface area contributed by atoms with Crippen molar-refractivity contribution in [3.8, 4) is 23.0 Å². The van der Waals surface area contributed by atoms with Crippen molar-refractivity contribution >= 4 is 5.91 Å². The second kappa shape index (κ2) is 8.23. The number of benzene rings is 2. The van der Waals surface area contributed by atoms with Gasteiger partial charge in [-0.05, 0) is 42.7 Å². The molecule has 0 spiro atoms. The fourth-order valence-corrected chi connectivity index (χ4v) is 4.30. The number of fused-ring (bicyclic) bond motifs is 1. The van der Waals surface area contributed by atoms with E-state index in [0.717, 1.165) is 25.7 Å². The molecule has 0 aromatic heterocycles. The third-order valence-electron chi connectivity index (χ3n) is 5.96. The second-order valence-electron chi connectivity index (χ2n) is 7.64. The summed E-state index contributed by atoms with van der Waals surface area (Å²) in [5.41, 5.74) is 1.06. The Hall–Kier alpha value is -2.89. The van der Waals surface area contributed by atoms with Crippen molar-refractivity contribution in [3.05, 3.63) is 48.0 Å². The molecule has 0 saturated heterocycles. The Balaban J connectivity index is 1.47. The molecule has 0 radical (unpaired) electrons. The smallest absolute Gasteiger partial charge is 0.264 e. The zero-order chi connectivity index (χ0) is 20.3. The highest BCUT2D eigenvalue weighted by Gasteiger charge is 2.38. The van der Waals surface area contributed by atoms with Crippen LogP contribution in [0.2, 0.25) is 0 Å². The van der Waals surface area contributed by atoms with Gasteiger partial charge in [0, 0.05) is 12.0 Å². The molecule has 6 heteroatoms. The molecule has 1 N–H and O–H groups in total. The van der Waals surface area contributed by atoms with Gasteiger partial charge in [0.05, 0.1) is 14.2 Å². The molecular formula is C23H27NO5. The molecule has 1 aliphatic carbocycles. The SMILES string of the molecule is COc1ccc(C2(CNC(=O)[C@H]3COc4ccccc4O3)CCCC2)cc1OC. The first-order valence-corrected chi connectivity index (χ1v) is 10.0. The van der Waals surface area contributed by atoms with Crippen LogP contribution in [-0.2, 0) is 10.2 Å². The molecule has 1 atom stereocenters. The number of carbonyl (C=O) groups excluding carboxylic acids is 1. The van der Waals surface area contributed by atoms with Crippen LogP contribution >= 0.6 is 0 Å².